The van der Waals surface area contributed by atoms with Crippen LogP contribution in [0.1, 0.15) is 101 Å². The van der Waals surface area contributed by atoms with E-state index in [2.05, 4.69) is 55.7 Å². The number of alkyl carbamates (subject to hydrolysis) is 2. The lowest BCUT2D eigenvalue weighted by molar-refractivity contribution is -0.360. The van der Waals surface area contributed by atoms with Gasteiger partial charge in [-0.15, -0.1) is 0 Å². The molecule has 21 heteroatoms. The summed E-state index contributed by atoms with van der Waals surface area (Å²) < 4.78 is 88.9. The lowest BCUT2D eigenvalue weighted by Crippen LogP contribution is -2.70. The average Bonchev–Trinajstić information content (AvgIpc) is 1.73. The first-order valence-electron chi connectivity index (χ1n) is 33.4. The van der Waals surface area contributed by atoms with Crippen LogP contribution in [0.15, 0.2) is 182 Å². The van der Waals surface area contributed by atoms with Gasteiger partial charge in [0.15, 0.2) is 25.2 Å². The third kappa shape index (κ3) is 14.4. The molecule has 0 bridgehead atoms. The molecule has 504 valence electrons. The van der Waals surface area contributed by atoms with Crippen molar-refractivity contribution in [2.45, 2.75) is 202 Å². The molecule has 0 aromatic heterocycles. The van der Waals surface area contributed by atoms with Gasteiger partial charge in [-0.3, -0.25) is 4.79 Å². The van der Waals surface area contributed by atoms with Crippen molar-refractivity contribution in [1.82, 2.24) is 10.6 Å². The molecule has 0 radical (unpaired) electrons. The largest absolute Gasteiger partial charge is 0.459 e. The molecule has 95 heavy (non-hydrogen) atoms. The molecular weight excluding hydrogens is 1230 g/mol. The monoisotopic (exact) mass is 1320 g/mol. The number of hydrogen-bond acceptors (Lipinski definition) is 18. The zero-order chi connectivity index (χ0) is 65.8. The molecule has 6 saturated heterocycles. The summed E-state index contributed by atoms with van der Waals surface area (Å²) in [5.74, 6) is -1.09. The van der Waals surface area contributed by atoms with Crippen molar-refractivity contribution in [2.24, 2.45) is 11.8 Å². The molecule has 0 spiro atoms. The lowest BCUT2D eigenvalue weighted by atomic mass is 9.76. The Morgan fingerprint density at radius 3 is 1.60 bits per heavy atom. The van der Waals surface area contributed by atoms with Gasteiger partial charge in [0.1, 0.15) is 80.2 Å². The van der Waals surface area contributed by atoms with E-state index in [4.69, 9.17) is 61.3 Å². The molecule has 3 unspecified atom stereocenters. The quantitative estimate of drug-likeness (QED) is 0.0336. The third-order valence-corrected chi connectivity index (χ3v) is 24.7. The van der Waals surface area contributed by atoms with Crippen LogP contribution < -0.4 is 21.0 Å². The van der Waals surface area contributed by atoms with Gasteiger partial charge in [0.2, 0.25) is 0 Å². The normalized spacial score (nSPS) is 33.8. The van der Waals surface area contributed by atoms with Crippen molar-refractivity contribution in [1.29, 1.82) is 0 Å². The maximum Gasteiger partial charge on any atom is 0.407 e. The van der Waals surface area contributed by atoms with Gasteiger partial charge in [-0.25, -0.2) is 9.59 Å². The van der Waals surface area contributed by atoms with E-state index in [1.54, 1.807) is 0 Å². The second kappa shape index (κ2) is 29.4. The molecule has 1 aliphatic carbocycles. The van der Waals surface area contributed by atoms with Gasteiger partial charge in [-0.1, -0.05) is 217 Å². The Bertz CT molecular complexity index is 3430. The second-order valence-electron chi connectivity index (χ2n) is 26.9. The highest BCUT2D eigenvalue weighted by Crippen LogP contribution is 2.48. The number of aliphatic hydroxyl groups is 2. The lowest BCUT2D eigenvalue weighted by Gasteiger charge is -2.50. The van der Waals surface area contributed by atoms with Crippen LogP contribution in [0.2, 0.25) is 5.04 Å². The third-order valence-electron chi connectivity index (χ3n) is 19.6. The number of carbonyl (C=O) groups excluding carboxylic acids is 3. The Hall–Kier alpha value is -6.93. The predicted octanol–water partition coefficient (Wildman–Crippen LogP) is 8.99. The SMILES string of the molecule is CC[C@H]1O[C@@H](O[C@@H]2[C@H]3OC(=O)C[C@@H]3C[C@H](C)[C@H]2O[C@H]2O[C@@H]3COC(c4ccccc4)O[C@H]3[C@H](O)C2NC(=O)OCc2ccccc2)[C@H](O[Si](c2ccccc2)(c2ccccc2)C(C)(C)C)[C@@H]1O[C@H]1O[C@H]2CCC(c3ccccc3)O[C@H]2[C@H](O)[C@H]1NC(=O)OCc1ccccc1. The Kier molecular flexibility index (Phi) is 20.6. The Morgan fingerprint density at radius 2 is 1.05 bits per heavy atom. The van der Waals surface area contributed by atoms with Crippen LogP contribution in [0.25, 0.3) is 0 Å². The fraction of sp³-hybridized carbons (Fsp3) is 0.473. The van der Waals surface area contributed by atoms with E-state index in [1.165, 1.54) is 0 Å². The second-order valence-corrected chi connectivity index (χ2v) is 31.2. The first-order valence-corrected chi connectivity index (χ1v) is 35.3. The minimum Gasteiger partial charge on any atom is -0.459 e. The molecule has 6 aromatic rings. The maximum absolute atomic E-state index is 14.2. The van der Waals surface area contributed by atoms with Gasteiger partial charge in [0.05, 0.1) is 37.4 Å². The zero-order valence-electron chi connectivity index (χ0n) is 54.0. The van der Waals surface area contributed by atoms with Crippen LogP contribution in [-0.4, -0.2) is 147 Å². The summed E-state index contributed by atoms with van der Waals surface area (Å²) >= 11 is 0. The van der Waals surface area contributed by atoms with Crippen LogP contribution in [0.3, 0.4) is 0 Å². The van der Waals surface area contributed by atoms with Gasteiger partial charge in [-0.05, 0) is 63.7 Å². The van der Waals surface area contributed by atoms with Crippen LogP contribution in [0, 0.1) is 11.8 Å². The first kappa shape index (κ1) is 66.7. The van der Waals surface area contributed by atoms with Crippen molar-refractivity contribution in [2.75, 3.05) is 6.61 Å². The van der Waals surface area contributed by atoms with Gasteiger partial charge in [0.25, 0.3) is 8.32 Å². The standard InChI is InChI=1S/C74H86N2O18Si/c1-6-52-65(92-69-57(75-72(80)83-41-45-25-13-7-14-26-45)59(78)63-54(87-69)38-37-53(85-63)47-29-17-9-18-30-47)67(94-95(74(3,4)5,50-33-21-11-22-34-50)51-35-23-12-24-36-51)71(86-52)93-66-61(44(2)39-49-40-56(77)89-62(49)66)90-70-58(76-73(81)84-42-46-27-15-8-16-28-46)60(79)64-55(88-70)43-82-68(91-64)48-31-19-10-20-32-48/h7-36,44,49,52-55,57-71,78-79H,6,37-43H2,1-5H3,(H,75,80)(H,76,81)/t44-,49-,52+,53?,54-,55+,57+,58?,59+,60+,61+,62-,63+,64+,65+,66-,67+,68?,69+,70+,71-/m0/s1. The molecule has 6 aliphatic heterocycles. The fourth-order valence-corrected chi connectivity index (χ4v) is 19.6. The summed E-state index contributed by atoms with van der Waals surface area (Å²) in [6.07, 6.45) is -17.1. The molecule has 2 amide bonds. The number of rotatable bonds is 19. The number of ether oxygens (including phenoxy) is 12. The number of fused-ring (bicyclic) bond motifs is 3. The maximum atomic E-state index is 14.2. The topological polar surface area (TPSA) is 236 Å². The number of nitrogens with one attached hydrogen (secondary N) is 2. The van der Waals surface area contributed by atoms with E-state index in [-0.39, 0.29) is 44.2 Å². The highest BCUT2D eigenvalue weighted by molar-refractivity contribution is 6.99. The number of esters is 1. The minimum absolute atomic E-state index is 0.00136. The predicted molar refractivity (Wildman–Crippen MR) is 348 cm³/mol. The van der Waals surface area contributed by atoms with Crippen LogP contribution in [-0.2, 0) is 79.3 Å². The van der Waals surface area contributed by atoms with Crippen LogP contribution in [0.5, 0.6) is 0 Å². The van der Waals surface area contributed by atoms with Crippen molar-refractivity contribution in [3.63, 3.8) is 0 Å². The van der Waals surface area contributed by atoms with Crippen LogP contribution >= 0.6 is 0 Å². The van der Waals surface area contributed by atoms with E-state index < -0.39 is 142 Å². The molecule has 20 nitrogen and oxygen atoms in total. The minimum atomic E-state index is -3.63. The highest BCUT2D eigenvalue weighted by Gasteiger charge is 2.62. The average molecular weight is 1320 g/mol. The van der Waals surface area contributed by atoms with Crippen molar-refractivity contribution in [3.8, 4) is 0 Å². The molecule has 7 aliphatic rings. The fourth-order valence-electron chi connectivity index (χ4n) is 15.0. The van der Waals surface area contributed by atoms with Gasteiger partial charge in [0, 0.05) is 11.5 Å². The molecule has 7 fully saturated rings. The molecule has 21 atom stereocenters. The van der Waals surface area contributed by atoms with E-state index in [1.807, 2.05) is 172 Å². The van der Waals surface area contributed by atoms with E-state index in [0.717, 1.165) is 32.6 Å². The van der Waals surface area contributed by atoms with Crippen LogP contribution in [0.4, 0.5) is 9.59 Å². The zero-order valence-corrected chi connectivity index (χ0v) is 55.0. The Labute approximate surface area is 555 Å². The molecular formula is C74H86N2O18Si. The summed E-state index contributed by atoms with van der Waals surface area (Å²) in [6, 6.07) is 55.4. The first-order chi connectivity index (χ1) is 46.1. The Balaban J connectivity index is 0.864. The van der Waals surface area contributed by atoms with Gasteiger partial charge >= 0.3 is 18.2 Å². The smallest absolute Gasteiger partial charge is 0.407 e. The molecule has 1 saturated carbocycles. The number of aliphatic hydroxyl groups excluding tert-OH is 2. The molecule has 6 heterocycles. The van der Waals surface area contributed by atoms with Crippen molar-refractivity contribution in [3.05, 3.63) is 204 Å². The summed E-state index contributed by atoms with van der Waals surface area (Å²) in [7, 11) is -3.63. The number of amides is 2. The number of hydrogen-bond donors (Lipinski definition) is 4. The summed E-state index contributed by atoms with van der Waals surface area (Å²) in [5.41, 5.74) is 3.19. The number of benzene rings is 6. The van der Waals surface area contributed by atoms with E-state index in [0.29, 0.717) is 25.7 Å². The summed E-state index contributed by atoms with van der Waals surface area (Å²) in [4.78, 5) is 41.9. The molecule has 13 rings (SSSR count). The summed E-state index contributed by atoms with van der Waals surface area (Å²) in [5, 5.41) is 32.5. The van der Waals surface area contributed by atoms with E-state index in [9.17, 15) is 24.6 Å². The highest BCUT2D eigenvalue weighted by atomic mass is 28.4. The van der Waals surface area contributed by atoms with Crippen molar-refractivity contribution >= 4 is 36.8 Å². The number of carbonyl (C=O) groups is 3. The van der Waals surface area contributed by atoms with Gasteiger partial charge in [-0.2, -0.15) is 0 Å². The summed E-state index contributed by atoms with van der Waals surface area (Å²) in [6.45, 7) is 10.3. The molecule has 6 aromatic carbocycles. The van der Waals surface area contributed by atoms with E-state index >= 15 is 0 Å². The molecule has 4 N–H and O–H groups in total. The van der Waals surface area contributed by atoms with Gasteiger partial charge < -0.3 is 82.1 Å². The Morgan fingerprint density at radius 1 is 0.558 bits per heavy atom. The van der Waals surface area contributed by atoms with Crippen molar-refractivity contribution < 1.29 is 85.9 Å².